The van der Waals surface area contributed by atoms with Crippen LogP contribution in [-0.2, 0) is 4.79 Å². The molecule has 10 nitrogen and oxygen atoms in total. The molecule has 0 radical (unpaired) electrons. The number of hydrogen-bond acceptors (Lipinski definition) is 6. The lowest BCUT2D eigenvalue weighted by Gasteiger charge is -2.14. The Morgan fingerprint density at radius 1 is 1.15 bits per heavy atom. The van der Waals surface area contributed by atoms with E-state index in [2.05, 4.69) is 15.6 Å². The number of rotatable bonds is 6. The molecular formula is C16H14N4O6. The number of carbonyl (C=O) groups excluding carboxylic acids is 2. The second-order valence-corrected chi connectivity index (χ2v) is 5.23. The summed E-state index contributed by atoms with van der Waals surface area (Å²) >= 11 is 0. The van der Waals surface area contributed by atoms with Crippen LogP contribution in [0.4, 0.5) is 11.4 Å². The van der Waals surface area contributed by atoms with Gasteiger partial charge in [0.05, 0.1) is 16.8 Å². The standard InChI is InChI=1S/C16H14N4O6/c1-9(14(21)19-11-4-7-13(16(23)24)17-8-11)18-15(22)10-2-5-12(6-3-10)20(25)26/h2-9H,1H3,(H,18,22)(H,19,21)(H,23,24)/t9-/m0/s1. The third-order valence-electron chi connectivity index (χ3n) is 3.33. The van der Waals surface area contributed by atoms with Crippen LogP contribution in [-0.4, -0.2) is 38.8 Å². The summed E-state index contributed by atoms with van der Waals surface area (Å²) in [6, 6.07) is 6.65. The van der Waals surface area contributed by atoms with Crippen LogP contribution >= 0.6 is 0 Å². The molecule has 2 amide bonds. The average molecular weight is 358 g/mol. The van der Waals surface area contributed by atoms with E-state index in [1.807, 2.05) is 0 Å². The van der Waals surface area contributed by atoms with Crippen molar-refractivity contribution in [1.82, 2.24) is 10.3 Å². The number of carboxylic acid groups (broad SMARTS) is 1. The van der Waals surface area contributed by atoms with Gasteiger partial charge in [0, 0.05) is 17.7 Å². The van der Waals surface area contributed by atoms with Gasteiger partial charge in [0.2, 0.25) is 5.91 Å². The van der Waals surface area contributed by atoms with Crippen molar-refractivity contribution in [2.24, 2.45) is 0 Å². The molecule has 0 saturated carbocycles. The van der Waals surface area contributed by atoms with Gasteiger partial charge in [-0.05, 0) is 31.2 Å². The summed E-state index contributed by atoms with van der Waals surface area (Å²) in [5.74, 6) is -2.29. The van der Waals surface area contributed by atoms with Crippen LogP contribution in [0, 0.1) is 10.1 Å². The van der Waals surface area contributed by atoms with Crippen molar-refractivity contribution in [3.63, 3.8) is 0 Å². The Balaban J connectivity index is 1.96. The number of amides is 2. The van der Waals surface area contributed by atoms with Gasteiger partial charge < -0.3 is 15.7 Å². The van der Waals surface area contributed by atoms with Gasteiger partial charge in [0.1, 0.15) is 11.7 Å². The number of benzene rings is 1. The van der Waals surface area contributed by atoms with Crippen LogP contribution in [0.15, 0.2) is 42.6 Å². The van der Waals surface area contributed by atoms with E-state index in [0.717, 1.165) is 0 Å². The molecule has 0 spiro atoms. The summed E-state index contributed by atoms with van der Waals surface area (Å²) in [6.07, 6.45) is 1.19. The van der Waals surface area contributed by atoms with Crippen molar-refractivity contribution in [3.8, 4) is 0 Å². The predicted octanol–water partition coefficient (Wildman–Crippen LogP) is 1.45. The average Bonchev–Trinajstić information content (AvgIpc) is 2.62. The van der Waals surface area contributed by atoms with Gasteiger partial charge in [-0.15, -0.1) is 0 Å². The normalized spacial score (nSPS) is 11.3. The lowest BCUT2D eigenvalue weighted by molar-refractivity contribution is -0.384. The molecule has 2 rings (SSSR count). The summed E-state index contributed by atoms with van der Waals surface area (Å²) in [5, 5.41) is 24.3. The van der Waals surface area contributed by atoms with Crippen molar-refractivity contribution in [2.75, 3.05) is 5.32 Å². The van der Waals surface area contributed by atoms with Gasteiger partial charge in [-0.25, -0.2) is 9.78 Å². The van der Waals surface area contributed by atoms with E-state index in [-0.39, 0.29) is 22.6 Å². The third-order valence-corrected chi connectivity index (χ3v) is 3.33. The molecule has 0 saturated heterocycles. The molecule has 0 aliphatic heterocycles. The van der Waals surface area contributed by atoms with E-state index in [9.17, 15) is 24.5 Å². The number of nitrogens with zero attached hydrogens (tertiary/aromatic N) is 2. The Morgan fingerprint density at radius 2 is 1.81 bits per heavy atom. The molecule has 134 valence electrons. The van der Waals surface area contributed by atoms with Gasteiger partial charge in [-0.2, -0.15) is 0 Å². The van der Waals surface area contributed by atoms with Gasteiger partial charge in [-0.3, -0.25) is 19.7 Å². The highest BCUT2D eigenvalue weighted by molar-refractivity contribution is 6.01. The SMILES string of the molecule is C[C@H](NC(=O)c1ccc([N+](=O)[O-])cc1)C(=O)Nc1ccc(C(=O)O)nc1. The molecule has 1 aromatic carbocycles. The van der Waals surface area contributed by atoms with Gasteiger partial charge in [0.25, 0.3) is 11.6 Å². The van der Waals surface area contributed by atoms with E-state index < -0.39 is 28.7 Å². The monoisotopic (exact) mass is 358 g/mol. The molecule has 0 unspecified atom stereocenters. The highest BCUT2D eigenvalue weighted by Crippen LogP contribution is 2.12. The first kappa shape index (κ1) is 18.5. The van der Waals surface area contributed by atoms with Crippen molar-refractivity contribution in [2.45, 2.75) is 13.0 Å². The number of nitrogens with one attached hydrogen (secondary N) is 2. The first-order valence-corrected chi connectivity index (χ1v) is 7.33. The maximum absolute atomic E-state index is 12.1. The van der Waals surface area contributed by atoms with Gasteiger partial charge >= 0.3 is 5.97 Å². The van der Waals surface area contributed by atoms with E-state index in [0.29, 0.717) is 0 Å². The Bertz CT molecular complexity index is 848. The molecule has 1 atom stereocenters. The molecule has 0 bridgehead atoms. The largest absolute Gasteiger partial charge is 0.477 e. The number of nitro benzene ring substituents is 1. The van der Waals surface area contributed by atoms with Crippen LogP contribution in [0.25, 0.3) is 0 Å². The molecule has 26 heavy (non-hydrogen) atoms. The molecule has 3 N–H and O–H groups in total. The second kappa shape index (κ2) is 7.83. The lowest BCUT2D eigenvalue weighted by Crippen LogP contribution is -2.41. The number of anilines is 1. The van der Waals surface area contributed by atoms with Crippen LogP contribution < -0.4 is 10.6 Å². The summed E-state index contributed by atoms with van der Waals surface area (Å²) in [7, 11) is 0. The second-order valence-electron chi connectivity index (χ2n) is 5.23. The fourth-order valence-electron chi connectivity index (χ4n) is 1.92. The number of hydrogen-bond donors (Lipinski definition) is 3. The van der Waals surface area contributed by atoms with Crippen molar-refractivity contribution in [3.05, 3.63) is 64.0 Å². The Morgan fingerprint density at radius 3 is 2.31 bits per heavy atom. The number of carbonyl (C=O) groups is 3. The molecule has 0 fully saturated rings. The predicted molar refractivity (Wildman–Crippen MR) is 89.9 cm³/mol. The molecule has 1 heterocycles. The summed E-state index contributed by atoms with van der Waals surface area (Å²) in [6.45, 7) is 1.46. The van der Waals surface area contributed by atoms with E-state index >= 15 is 0 Å². The van der Waals surface area contributed by atoms with Crippen molar-refractivity contribution < 1.29 is 24.4 Å². The van der Waals surface area contributed by atoms with Gasteiger partial charge in [0.15, 0.2) is 0 Å². The van der Waals surface area contributed by atoms with E-state index in [1.54, 1.807) is 0 Å². The molecule has 10 heteroatoms. The molecule has 2 aromatic rings. The minimum atomic E-state index is -1.19. The zero-order valence-electron chi connectivity index (χ0n) is 13.5. The maximum atomic E-state index is 12.1. The first-order valence-electron chi connectivity index (χ1n) is 7.33. The number of aromatic carboxylic acids is 1. The topological polar surface area (TPSA) is 152 Å². The van der Waals surface area contributed by atoms with Crippen LogP contribution in [0.5, 0.6) is 0 Å². The fourth-order valence-corrected chi connectivity index (χ4v) is 1.92. The summed E-state index contributed by atoms with van der Waals surface area (Å²) in [4.78, 5) is 48.6. The first-order chi connectivity index (χ1) is 12.3. The van der Waals surface area contributed by atoms with E-state index in [1.165, 1.54) is 49.5 Å². The minimum absolute atomic E-state index is 0.148. The highest BCUT2D eigenvalue weighted by Gasteiger charge is 2.18. The Kier molecular flexibility index (Phi) is 5.58. The van der Waals surface area contributed by atoms with Crippen molar-refractivity contribution in [1.29, 1.82) is 0 Å². The molecular weight excluding hydrogens is 344 g/mol. The minimum Gasteiger partial charge on any atom is -0.477 e. The Hall–Kier alpha value is -3.82. The highest BCUT2D eigenvalue weighted by atomic mass is 16.6. The maximum Gasteiger partial charge on any atom is 0.354 e. The van der Waals surface area contributed by atoms with E-state index in [4.69, 9.17) is 5.11 Å². The Labute approximate surface area is 147 Å². The summed E-state index contributed by atoms with van der Waals surface area (Å²) < 4.78 is 0. The smallest absolute Gasteiger partial charge is 0.354 e. The lowest BCUT2D eigenvalue weighted by atomic mass is 10.2. The van der Waals surface area contributed by atoms with Gasteiger partial charge in [-0.1, -0.05) is 0 Å². The summed E-state index contributed by atoms with van der Waals surface area (Å²) in [5.41, 5.74) is 0.131. The molecule has 0 aliphatic rings. The number of aromatic nitrogens is 1. The molecule has 1 aromatic heterocycles. The fraction of sp³-hybridized carbons (Fsp3) is 0.125. The van der Waals surface area contributed by atoms with Crippen molar-refractivity contribution >= 4 is 29.2 Å². The van der Waals surface area contributed by atoms with Crippen LogP contribution in [0.2, 0.25) is 0 Å². The number of nitro groups is 1. The van der Waals surface area contributed by atoms with Crippen LogP contribution in [0.3, 0.4) is 0 Å². The third kappa shape index (κ3) is 4.60. The number of carboxylic acids is 1. The zero-order valence-corrected chi connectivity index (χ0v) is 13.5. The number of pyridine rings is 1. The quantitative estimate of drug-likeness (QED) is 0.522. The number of non-ortho nitro benzene ring substituents is 1. The molecule has 0 aliphatic carbocycles. The van der Waals surface area contributed by atoms with Crippen LogP contribution in [0.1, 0.15) is 27.8 Å². The zero-order chi connectivity index (χ0) is 19.3.